The van der Waals surface area contributed by atoms with Crippen LogP contribution in [0.3, 0.4) is 0 Å². The highest BCUT2D eigenvalue weighted by atomic mass is 16.2. The van der Waals surface area contributed by atoms with Gasteiger partial charge in [-0.2, -0.15) is 5.10 Å². The SMILES string of the molecule is Cc1cc(NC(=O)C(=O)N2C[C@@H](C)CC[C@@H]2c2ccnn2C)cnc1N. The van der Waals surface area contributed by atoms with Crippen molar-refractivity contribution < 1.29 is 9.59 Å². The number of hydrogen-bond acceptors (Lipinski definition) is 5. The van der Waals surface area contributed by atoms with Gasteiger partial charge in [0.15, 0.2) is 0 Å². The van der Waals surface area contributed by atoms with Gasteiger partial charge in [0, 0.05) is 19.8 Å². The number of carbonyl (C=O) groups excluding carboxylic acids is 2. The summed E-state index contributed by atoms with van der Waals surface area (Å²) in [5.41, 5.74) is 7.82. The molecule has 8 nitrogen and oxygen atoms in total. The highest BCUT2D eigenvalue weighted by Gasteiger charge is 2.35. The molecule has 2 aromatic heterocycles. The molecule has 0 bridgehead atoms. The van der Waals surface area contributed by atoms with E-state index in [1.165, 1.54) is 6.20 Å². The molecule has 0 spiro atoms. The zero-order valence-electron chi connectivity index (χ0n) is 15.3. The molecule has 1 aliphatic heterocycles. The number of nitrogens with one attached hydrogen (secondary N) is 1. The Kier molecular flexibility index (Phi) is 4.92. The topological polar surface area (TPSA) is 106 Å². The summed E-state index contributed by atoms with van der Waals surface area (Å²) in [6, 6.07) is 3.44. The minimum atomic E-state index is -0.669. The van der Waals surface area contributed by atoms with Crippen molar-refractivity contribution >= 4 is 23.3 Å². The molecule has 3 rings (SSSR count). The predicted octanol–water partition coefficient (Wildman–Crippen LogP) is 1.64. The van der Waals surface area contributed by atoms with Crippen molar-refractivity contribution in [2.45, 2.75) is 32.7 Å². The van der Waals surface area contributed by atoms with Crippen molar-refractivity contribution in [3.05, 3.63) is 35.8 Å². The first-order chi connectivity index (χ1) is 12.4. The summed E-state index contributed by atoms with van der Waals surface area (Å²) >= 11 is 0. The molecule has 0 saturated carbocycles. The fourth-order valence-corrected chi connectivity index (χ4v) is 3.36. The lowest BCUT2D eigenvalue weighted by Gasteiger charge is -2.38. The van der Waals surface area contributed by atoms with Gasteiger partial charge in [0.05, 0.1) is 23.6 Å². The van der Waals surface area contributed by atoms with E-state index in [4.69, 9.17) is 5.73 Å². The van der Waals surface area contributed by atoms with Gasteiger partial charge in [-0.1, -0.05) is 6.92 Å². The maximum atomic E-state index is 12.9. The molecule has 3 N–H and O–H groups in total. The Morgan fingerprint density at radius 3 is 2.77 bits per heavy atom. The van der Waals surface area contributed by atoms with E-state index < -0.39 is 11.8 Å². The smallest absolute Gasteiger partial charge is 0.313 e. The minimum Gasteiger partial charge on any atom is -0.383 e. The summed E-state index contributed by atoms with van der Waals surface area (Å²) in [6.07, 6.45) is 4.97. The molecule has 2 atom stereocenters. The first-order valence-electron chi connectivity index (χ1n) is 8.68. The van der Waals surface area contributed by atoms with Crippen molar-refractivity contribution in [1.82, 2.24) is 19.7 Å². The molecular weight excluding hydrogens is 332 g/mol. The van der Waals surface area contributed by atoms with Crippen LogP contribution in [0.25, 0.3) is 0 Å². The van der Waals surface area contributed by atoms with Crippen LogP contribution >= 0.6 is 0 Å². The molecule has 1 saturated heterocycles. The van der Waals surface area contributed by atoms with Gasteiger partial charge in [-0.15, -0.1) is 0 Å². The van der Waals surface area contributed by atoms with Crippen LogP contribution in [0.1, 0.15) is 37.1 Å². The molecule has 0 aliphatic carbocycles. The quantitative estimate of drug-likeness (QED) is 0.796. The van der Waals surface area contributed by atoms with Crippen LogP contribution in [0.5, 0.6) is 0 Å². The zero-order valence-corrected chi connectivity index (χ0v) is 15.3. The van der Waals surface area contributed by atoms with Gasteiger partial charge >= 0.3 is 11.8 Å². The Labute approximate surface area is 152 Å². The van der Waals surface area contributed by atoms with Crippen LogP contribution in [-0.4, -0.2) is 38.0 Å². The lowest BCUT2D eigenvalue weighted by atomic mass is 9.92. The normalized spacial score (nSPS) is 20.0. The van der Waals surface area contributed by atoms with E-state index in [2.05, 4.69) is 22.3 Å². The fraction of sp³-hybridized carbons (Fsp3) is 0.444. The first-order valence-corrected chi connectivity index (χ1v) is 8.68. The lowest BCUT2D eigenvalue weighted by Crippen LogP contribution is -2.47. The van der Waals surface area contributed by atoms with Crippen LogP contribution < -0.4 is 11.1 Å². The lowest BCUT2D eigenvalue weighted by molar-refractivity contribution is -0.146. The van der Waals surface area contributed by atoms with Crippen molar-refractivity contribution in [1.29, 1.82) is 0 Å². The molecule has 3 heterocycles. The number of piperidine rings is 1. The van der Waals surface area contributed by atoms with Crippen LogP contribution in [0, 0.1) is 12.8 Å². The zero-order chi connectivity index (χ0) is 18.8. The average Bonchev–Trinajstić information content (AvgIpc) is 3.03. The van der Waals surface area contributed by atoms with E-state index in [9.17, 15) is 9.59 Å². The highest BCUT2D eigenvalue weighted by Crippen LogP contribution is 2.33. The van der Waals surface area contributed by atoms with E-state index in [0.29, 0.717) is 24.0 Å². The summed E-state index contributed by atoms with van der Waals surface area (Å²) in [4.78, 5) is 31.0. The number of aromatic nitrogens is 3. The van der Waals surface area contributed by atoms with Crippen molar-refractivity contribution in [2.24, 2.45) is 13.0 Å². The van der Waals surface area contributed by atoms with Gasteiger partial charge in [0.25, 0.3) is 0 Å². The van der Waals surface area contributed by atoms with Gasteiger partial charge in [-0.05, 0) is 43.4 Å². The number of nitrogen functional groups attached to an aromatic ring is 1. The summed E-state index contributed by atoms with van der Waals surface area (Å²) in [5.74, 6) is -0.471. The Hall–Kier alpha value is -2.90. The Morgan fingerprint density at radius 2 is 2.12 bits per heavy atom. The largest absolute Gasteiger partial charge is 0.383 e. The fourth-order valence-electron chi connectivity index (χ4n) is 3.36. The van der Waals surface area contributed by atoms with Crippen LogP contribution in [-0.2, 0) is 16.6 Å². The molecule has 138 valence electrons. The molecule has 8 heteroatoms. The second-order valence-electron chi connectivity index (χ2n) is 6.92. The average molecular weight is 356 g/mol. The third-order valence-corrected chi connectivity index (χ3v) is 4.85. The summed E-state index contributed by atoms with van der Waals surface area (Å²) in [7, 11) is 1.85. The second-order valence-corrected chi connectivity index (χ2v) is 6.92. The molecule has 0 unspecified atom stereocenters. The number of nitrogens with zero attached hydrogens (tertiary/aromatic N) is 4. The number of carbonyl (C=O) groups is 2. The standard InChI is InChI=1S/C18H24N6O2/c1-11-4-5-15(14-6-7-21-23(14)3)24(10-11)18(26)17(25)22-13-8-12(2)16(19)20-9-13/h6-9,11,15H,4-5,10H2,1-3H3,(H2,19,20)(H,22,25)/t11-,15+/m0/s1. The molecule has 0 aromatic carbocycles. The Bertz CT molecular complexity index is 831. The molecule has 2 aromatic rings. The summed E-state index contributed by atoms with van der Waals surface area (Å²) in [5, 5.41) is 6.82. The number of likely N-dealkylation sites (tertiary alicyclic amines) is 1. The van der Waals surface area contributed by atoms with Crippen molar-refractivity contribution in [2.75, 3.05) is 17.6 Å². The predicted molar refractivity (Wildman–Crippen MR) is 98.1 cm³/mol. The first kappa shape index (κ1) is 17.9. The van der Waals surface area contributed by atoms with E-state index in [1.807, 2.05) is 13.1 Å². The van der Waals surface area contributed by atoms with E-state index >= 15 is 0 Å². The monoisotopic (exact) mass is 356 g/mol. The molecule has 1 aliphatic rings. The molecule has 1 fully saturated rings. The van der Waals surface area contributed by atoms with Gasteiger partial charge in [-0.25, -0.2) is 4.98 Å². The van der Waals surface area contributed by atoms with Crippen molar-refractivity contribution in [3.63, 3.8) is 0 Å². The van der Waals surface area contributed by atoms with Gasteiger partial charge in [-0.3, -0.25) is 14.3 Å². The maximum Gasteiger partial charge on any atom is 0.313 e. The number of pyridine rings is 1. The van der Waals surface area contributed by atoms with Crippen molar-refractivity contribution in [3.8, 4) is 0 Å². The van der Waals surface area contributed by atoms with E-state index in [1.54, 1.807) is 28.8 Å². The van der Waals surface area contributed by atoms with Crippen LogP contribution in [0.4, 0.5) is 11.5 Å². The molecule has 26 heavy (non-hydrogen) atoms. The third kappa shape index (κ3) is 3.54. The van der Waals surface area contributed by atoms with Gasteiger partial charge in [0.1, 0.15) is 5.82 Å². The number of aryl methyl sites for hydroxylation is 2. The summed E-state index contributed by atoms with van der Waals surface area (Å²) < 4.78 is 1.76. The number of rotatable bonds is 2. The second kappa shape index (κ2) is 7.15. The molecule has 0 radical (unpaired) electrons. The van der Waals surface area contributed by atoms with Crippen LogP contribution in [0.2, 0.25) is 0 Å². The molecule has 2 amide bonds. The number of amides is 2. The van der Waals surface area contributed by atoms with Gasteiger partial charge < -0.3 is 16.0 Å². The molecular formula is C18H24N6O2. The van der Waals surface area contributed by atoms with E-state index in [-0.39, 0.29) is 6.04 Å². The van der Waals surface area contributed by atoms with E-state index in [0.717, 1.165) is 24.1 Å². The number of nitrogens with two attached hydrogens (primary N) is 1. The third-order valence-electron chi connectivity index (χ3n) is 4.85. The summed E-state index contributed by atoms with van der Waals surface area (Å²) in [6.45, 7) is 4.43. The maximum absolute atomic E-state index is 12.9. The number of hydrogen-bond donors (Lipinski definition) is 2. The van der Waals surface area contributed by atoms with Crippen LogP contribution in [0.15, 0.2) is 24.5 Å². The Morgan fingerprint density at radius 1 is 1.35 bits per heavy atom. The minimum absolute atomic E-state index is 0.150. The highest BCUT2D eigenvalue weighted by molar-refractivity contribution is 6.39. The Balaban J connectivity index is 1.79. The number of anilines is 2. The van der Waals surface area contributed by atoms with Gasteiger partial charge in [0.2, 0.25) is 0 Å².